The molecule has 1 aromatic rings. The molecule has 0 amide bonds. The van der Waals surface area contributed by atoms with Gasteiger partial charge in [0.05, 0.1) is 4.90 Å². The van der Waals surface area contributed by atoms with Gasteiger partial charge in [-0.15, -0.1) is 11.3 Å². The Kier molecular flexibility index (Phi) is 2.53. The summed E-state index contributed by atoms with van der Waals surface area (Å²) >= 11 is 0.913. The number of carboxylic acids is 1. The van der Waals surface area contributed by atoms with Crippen molar-refractivity contribution in [3.8, 4) is 0 Å². The van der Waals surface area contributed by atoms with Crippen molar-refractivity contribution in [3.05, 3.63) is 16.3 Å². The minimum absolute atomic E-state index is 0.0307. The zero-order valence-corrected chi connectivity index (χ0v) is 9.27. The Morgan fingerprint density at radius 3 is 2.67 bits per heavy atom. The highest BCUT2D eigenvalue weighted by molar-refractivity contribution is 7.89. The highest BCUT2D eigenvalue weighted by Gasteiger charge is 2.28. The second-order valence-electron chi connectivity index (χ2n) is 3.35. The van der Waals surface area contributed by atoms with E-state index >= 15 is 0 Å². The maximum atomic E-state index is 11.6. The van der Waals surface area contributed by atoms with Crippen LogP contribution in [-0.2, 0) is 10.0 Å². The summed E-state index contributed by atoms with van der Waals surface area (Å²) in [6.07, 6.45) is 1.71. The van der Waals surface area contributed by atoms with Crippen molar-refractivity contribution in [2.45, 2.75) is 23.8 Å². The smallest absolute Gasteiger partial charge is 0.345 e. The van der Waals surface area contributed by atoms with E-state index in [9.17, 15) is 13.2 Å². The summed E-state index contributed by atoms with van der Waals surface area (Å²) in [5.74, 6) is -1.10. The average Bonchev–Trinajstić information content (AvgIpc) is 2.80. The van der Waals surface area contributed by atoms with Crippen molar-refractivity contribution in [2.24, 2.45) is 0 Å². The zero-order chi connectivity index (χ0) is 11.1. The lowest BCUT2D eigenvalue weighted by Gasteiger charge is -2.01. The molecule has 5 nitrogen and oxygen atoms in total. The van der Waals surface area contributed by atoms with E-state index < -0.39 is 16.0 Å². The number of hydrogen-bond acceptors (Lipinski definition) is 4. The molecule has 1 aliphatic carbocycles. The van der Waals surface area contributed by atoms with Gasteiger partial charge in [0.2, 0.25) is 10.0 Å². The molecule has 1 heterocycles. The lowest BCUT2D eigenvalue weighted by atomic mass is 10.5. The van der Waals surface area contributed by atoms with Crippen molar-refractivity contribution in [2.75, 3.05) is 0 Å². The number of thiophene rings is 1. The molecule has 1 saturated carbocycles. The number of rotatable bonds is 4. The van der Waals surface area contributed by atoms with Gasteiger partial charge in [0, 0.05) is 11.4 Å². The number of aromatic carboxylic acids is 1. The summed E-state index contributed by atoms with van der Waals surface area (Å²) in [4.78, 5) is 10.6. The van der Waals surface area contributed by atoms with Crippen molar-refractivity contribution < 1.29 is 18.3 Å². The SMILES string of the molecule is O=C(O)c1cc(S(=O)(=O)NC2CC2)cs1. The lowest BCUT2D eigenvalue weighted by Crippen LogP contribution is -2.25. The minimum atomic E-state index is -3.51. The van der Waals surface area contributed by atoms with Crippen molar-refractivity contribution in [1.29, 1.82) is 0 Å². The van der Waals surface area contributed by atoms with Gasteiger partial charge in [-0.25, -0.2) is 17.9 Å². The van der Waals surface area contributed by atoms with E-state index in [1.807, 2.05) is 0 Å². The van der Waals surface area contributed by atoms with Gasteiger partial charge in [-0.1, -0.05) is 0 Å². The van der Waals surface area contributed by atoms with Crippen molar-refractivity contribution in [1.82, 2.24) is 4.72 Å². The summed E-state index contributed by atoms with van der Waals surface area (Å²) in [7, 11) is -3.51. The van der Waals surface area contributed by atoms with Gasteiger partial charge in [-0.3, -0.25) is 0 Å². The molecule has 2 N–H and O–H groups in total. The van der Waals surface area contributed by atoms with Gasteiger partial charge in [0.1, 0.15) is 4.88 Å². The number of hydrogen-bond donors (Lipinski definition) is 2. The van der Waals surface area contributed by atoms with Gasteiger partial charge in [0.25, 0.3) is 0 Å². The molecule has 0 saturated heterocycles. The van der Waals surface area contributed by atoms with E-state index in [1.165, 1.54) is 11.4 Å². The fraction of sp³-hybridized carbons (Fsp3) is 0.375. The van der Waals surface area contributed by atoms with Crippen LogP contribution in [-0.4, -0.2) is 25.5 Å². The van der Waals surface area contributed by atoms with Gasteiger partial charge in [0.15, 0.2) is 0 Å². The molecular formula is C8H9NO4S2. The quantitative estimate of drug-likeness (QED) is 0.827. The van der Waals surface area contributed by atoms with Crippen molar-refractivity contribution >= 4 is 27.3 Å². The summed E-state index contributed by atoms with van der Waals surface area (Å²) in [5, 5.41) is 9.99. The fourth-order valence-electron chi connectivity index (χ4n) is 1.06. The molecule has 82 valence electrons. The third-order valence-corrected chi connectivity index (χ3v) is 4.56. The van der Waals surface area contributed by atoms with Crippen LogP contribution in [0.1, 0.15) is 22.5 Å². The Labute approximate surface area is 90.8 Å². The summed E-state index contributed by atoms with van der Waals surface area (Å²) in [6.45, 7) is 0. The third-order valence-electron chi connectivity index (χ3n) is 2.00. The van der Waals surface area contributed by atoms with E-state index in [1.54, 1.807) is 0 Å². The van der Waals surface area contributed by atoms with Crippen LogP contribution in [0.25, 0.3) is 0 Å². The Balaban J connectivity index is 2.23. The number of carboxylic acid groups (broad SMARTS) is 1. The topological polar surface area (TPSA) is 83.5 Å². The minimum Gasteiger partial charge on any atom is -0.477 e. The predicted octanol–water partition coefficient (Wildman–Crippen LogP) is 0.887. The largest absolute Gasteiger partial charge is 0.477 e. The maximum absolute atomic E-state index is 11.6. The maximum Gasteiger partial charge on any atom is 0.345 e. The van der Waals surface area contributed by atoms with Crippen LogP contribution in [0.15, 0.2) is 16.3 Å². The molecule has 0 radical (unpaired) electrons. The van der Waals surface area contributed by atoms with Crippen molar-refractivity contribution in [3.63, 3.8) is 0 Å². The molecule has 1 fully saturated rings. The standard InChI is InChI=1S/C8H9NO4S2/c10-8(11)7-3-6(4-14-7)15(12,13)9-5-1-2-5/h3-5,9H,1-2H2,(H,10,11). The molecule has 1 aromatic heterocycles. The molecule has 0 atom stereocenters. The van der Waals surface area contributed by atoms with Crippen LogP contribution in [0, 0.1) is 0 Å². The van der Waals surface area contributed by atoms with Crippen LogP contribution in [0.3, 0.4) is 0 Å². The first-order chi connectivity index (χ1) is 6.99. The summed E-state index contributed by atoms with van der Waals surface area (Å²) in [5.41, 5.74) is 0. The second-order valence-corrected chi connectivity index (χ2v) is 5.97. The molecule has 1 aliphatic rings. The van der Waals surface area contributed by atoms with E-state index in [-0.39, 0.29) is 15.8 Å². The van der Waals surface area contributed by atoms with Crippen LogP contribution < -0.4 is 4.72 Å². The number of nitrogens with one attached hydrogen (secondary N) is 1. The Morgan fingerprint density at radius 2 is 2.20 bits per heavy atom. The van der Waals surface area contributed by atoms with Crippen LogP contribution in [0.2, 0.25) is 0 Å². The highest BCUT2D eigenvalue weighted by Crippen LogP contribution is 2.24. The number of carbonyl (C=O) groups is 1. The van der Waals surface area contributed by atoms with Gasteiger partial charge >= 0.3 is 5.97 Å². The average molecular weight is 247 g/mol. The van der Waals surface area contributed by atoms with Crippen LogP contribution in [0.4, 0.5) is 0 Å². The molecule has 0 aliphatic heterocycles. The van der Waals surface area contributed by atoms with Crippen LogP contribution in [0.5, 0.6) is 0 Å². The van der Waals surface area contributed by atoms with Gasteiger partial charge in [-0.2, -0.15) is 0 Å². The predicted molar refractivity (Wildman–Crippen MR) is 54.6 cm³/mol. The van der Waals surface area contributed by atoms with Gasteiger partial charge in [-0.05, 0) is 18.9 Å². The Morgan fingerprint density at radius 1 is 1.53 bits per heavy atom. The molecule has 7 heteroatoms. The van der Waals surface area contributed by atoms with E-state index in [4.69, 9.17) is 5.11 Å². The van der Waals surface area contributed by atoms with E-state index in [0.717, 1.165) is 24.2 Å². The molecule has 0 bridgehead atoms. The second kappa shape index (κ2) is 3.58. The van der Waals surface area contributed by atoms with E-state index in [0.29, 0.717) is 0 Å². The first-order valence-corrected chi connectivity index (χ1v) is 6.69. The summed E-state index contributed by atoms with van der Waals surface area (Å²) < 4.78 is 25.7. The molecule has 0 aromatic carbocycles. The first-order valence-electron chi connectivity index (χ1n) is 4.33. The zero-order valence-electron chi connectivity index (χ0n) is 7.63. The number of sulfonamides is 1. The normalized spacial score (nSPS) is 16.5. The molecule has 0 unspecified atom stereocenters. The van der Waals surface area contributed by atoms with Crippen LogP contribution >= 0.6 is 11.3 Å². The van der Waals surface area contributed by atoms with Gasteiger partial charge < -0.3 is 5.11 Å². The molecule has 0 spiro atoms. The molecular weight excluding hydrogens is 238 g/mol. The monoisotopic (exact) mass is 247 g/mol. The molecule has 15 heavy (non-hydrogen) atoms. The first kappa shape index (κ1) is 10.6. The Hall–Kier alpha value is -0.920. The van der Waals surface area contributed by atoms with E-state index in [2.05, 4.69) is 4.72 Å². The third kappa shape index (κ3) is 2.36. The highest BCUT2D eigenvalue weighted by atomic mass is 32.2. The lowest BCUT2D eigenvalue weighted by molar-refractivity contribution is 0.0702. The Bertz CT molecular complexity index is 486. The summed E-state index contributed by atoms with van der Waals surface area (Å²) in [6, 6.07) is 1.21. The molecule has 2 rings (SSSR count). The fourth-order valence-corrected chi connectivity index (χ4v) is 3.48.